The molecule has 0 atom stereocenters. The SMILES string of the molecule is NCc1cc(-c2cccnc2)cc(Cl)c1Sc1ncccc1CO. The summed E-state index contributed by atoms with van der Waals surface area (Å²) in [5.74, 6) is 0. The lowest BCUT2D eigenvalue weighted by atomic mass is 10.0. The maximum atomic E-state index is 9.47. The predicted octanol–water partition coefficient (Wildman–Crippen LogP) is 3.90. The number of aromatic nitrogens is 2. The maximum Gasteiger partial charge on any atom is 0.106 e. The van der Waals surface area contributed by atoms with Crippen LogP contribution in [0.15, 0.2) is 64.9 Å². The number of aliphatic hydroxyl groups is 1. The van der Waals surface area contributed by atoms with Gasteiger partial charge < -0.3 is 10.8 Å². The molecule has 3 aromatic rings. The lowest BCUT2D eigenvalue weighted by molar-refractivity contribution is 0.278. The second-order valence-electron chi connectivity index (χ2n) is 5.12. The molecule has 0 aliphatic heterocycles. The van der Waals surface area contributed by atoms with Gasteiger partial charge in [-0.1, -0.05) is 35.5 Å². The smallest absolute Gasteiger partial charge is 0.106 e. The number of nitrogens with two attached hydrogens (primary N) is 1. The minimum atomic E-state index is -0.0699. The van der Waals surface area contributed by atoms with Gasteiger partial charge in [-0.25, -0.2) is 4.98 Å². The topological polar surface area (TPSA) is 72.0 Å². The first-order valence-electron chi connectivity index (χ1n) is 7.38. The highest BCUT2D eigenvalue weighted by Crippen LogP contribution is 2.39. The summed E-state index contributed by atoms with van der Waals surface area (Å²) in [6, 6.07) is 11.4. The van der Waals surface area contributed by atoms with Crippen molar-refractivity contribution in [2.24, 2.45) is 5.73 Å². The number of aliphatic hydroxyl groups excluding tert-OH is 1. The summed E-state index contributed by atoms with van der Waals surface area (Å²) in [4.78, 5) is 9.34. The Hall–Kier alpha value is -1.92. The van der Waals surface area contributed by atoms with Gasteiger partial charge in [0.15, 0.2) is 0 Å². The van der Waals surface area contributed by atoms with Crippen molar-refractivity contribution in [3.05, 3.63) is 71.1 Å². The van der Waals surface area contributed by atoms with Crippen molar-refractivity contribution in [2.45, 2.75) is 23.1 Å². The van der Waals surface area contributed by atoms with E-state index in [1.54, 1.807) is 24.7 Å². The average Bonchev–Trinajstić information content (AvgIpc) is 2.64. The zero-order valence-corrected chi connectivity index (χ0v) is 14.4. The molecule has 2 aromatic heterocycles. The molecule has 4 nitrogen and oxygen atoms in total. The van der Waals surface area contributed by atoms with E-state index in [4.69, 9.17) is 17.3 Å². The number of benzene rings is 1. The van der Waals surface area contributed by atoms with Gasteiger partial charge in [0.2, 0.25) is 0 Å². The molecule has 6 heteroatoms. The van der Waals surface area contributed by atoms with Crippen LogP contribution in [0.3, 0.4) is 0 Å². The normalized spacial score (nSPS) is 10.8. The van der Waals surface area contributed by atoms with Gasteiger partial charge >= 0.3 is 0 Å². The van der Waals surface area contributed by atoms with Crippen LogP contribution in [0.5, 0.6) is 0 Å². The fraction of sp³-hybridized carbons (Fsp3) is 0.111. The maximum absolute atomic E-state index is 9.47. The summed E-state index contributed by atoms with van der Waals surface area (Å²) in [5.41, 5.74) is 9.59. The quantitative estimate of drug-likeness (QED) is 0.724. The van der Waals surface area contributed by atoms with Crippen LogP contribution in [0.4, 0.5) is 0 Å². The molecule has 0 amide bonds. The molecule has 24 heavy (non-hydrogen) atoms. The molecule has 0 aliphatic carbocycles. The van der Waals surface area contributed by atoms with Crippen molar-refractivity contribution in [3.8, 4) is 11.1 Å². The van der Waals surface area contributed by atoms with E-state index in [2.05, 4.69) is 9.97 Å². The first-order chi connectivity index (χ1) is 11.7. The van der Waals surface area contributed by atoms with E-state index in [1.165, 1.54) is 11.8 Å². The molecule has 0 fully saturated rings. The van der Waals surface area contributed by atoms with Gasteiger partial charge in [0.1, 0.15) is 5.03 Å². The zero-order valence-electron chi connectivity index (χ0n) is 12.8. The Morgan fingerprint density at radius 2 is 1.92 bits per heavy atom. The van der Waals surface area contributed by atoms with Crippen molar-refractivity contribution in [1.82, 2.24) is 9.97 Å². The van der Waals surface area contributed by atoms with Crippen molar-refractivity contribution in [1.29, 1.82) is 0 Å². The van der Waals surface area contributed by atoms with Crippen LogP contribution >= 0.6 is 23.4 Å². The minimum Gasteiger partial charge on any atom is -0.392 e. The number of rotatable bonds is 5. The molecule has 0 unspecified atom stereocenters. The molecule has 3 N–H and O–H groups in total. The van der Waals surface area contributed by atoms with Gasteiger partial charge in [-0.15, -0.1) is 0 Å². The summed E-state index contributed by atoms with van der Waals surface area (Å²) < 4.78 is 0. The second kappa shape index (κ2) is 7.77. The second-order valence-corrected chi connectivity index (χ2v) is 6.53. The molecular weight excluding hydrogens is 342 g/mol. The van der Waals surface area contributed by atoms with Gasteiger partial charge in [0, 0.05) is 41.2 Å². The highest BCUT2D eigenvalue weighted by Gasteiger charge is 2.14. The Morgan fingerprint density at radius 1 is 1.08 bits per heavy atom. The van der Waals surface area contributed by atoms with E-state index in [1.807, 2.05) is 30.3 Å². The van der Waals surface area contributed by atoms with Crippen LogP contribution in [0.2, 0.25) is 5.02 Å². The summed E-state index contributed by atoms with van der Waals surface area (Å²) in [7, 11) is 0. The van der Waals surface area contributed by atoms with Crippen molar-refractivity contribution < 1.29 is 5.11 Å². The summed E-state index contributed by atoms with van der Waals surface area (Å²) in [5, 5.41) is 10.8. The number of hydrogen-bond acceptors (Lipinski definition) is 5. The van der Waals surface area contributed by atoms with Crippen LogP contribution < -0.4 is 5.73 Å². The number of halogens is 1. The highest BCUT2D eigenvalue weighted by molar-refractivity contribution is 7.99. The third-order valence-corrected chi connectivity index (χ3v) is 5.21. The molecule has 0 saturated carbocycles. The lowest BCUT2D eigenvalue weighted by Crippen LogP contribution is -2.00. The average molecular weight is 358 g/mol. The van der Waals surface area contributed by atoms with Crippen molar-refractivity contribution in [2.75, 3.05) is 0 Å². The Kier molecular flexibility index (Phi) is 5.48. The third-order valence-electron chi connectivity index (χ3n) is 3.55. The van der Waals surface area contributed by atoms with Crippen LogP contribution in [0, 0.1) is 0 Å². The zero-order chi connectivity index (χ0) is 16.9. The fourth-order valence-corrected chi connectivity index (χ4v) is 3.70. The Morgan fingerprint density at radius 3 is 2.62 bits per heavy atom. The first kappa shape index (κ1) is 16.9. The van der Waals surface area contributed by atoms with E-state index in [-0.39, 0.29) is 6.61 Å². The molecule has 0 spiro atoms. The third kappa shape index (κ3) is 3.60. The molecule has 0 bridgehead atoms. The van der Waals surface area contributed by atoms with Crippen LogP contribution in [-0.4, -0.2) is 15.1 Å². The molecule has 122 valence electrons. The first-order valence-corrected chi connectivity index (χ1v) is 8.58. The van der Waals surface area contributed by atoms with Crippen LogP contribution in [-0.2, 0) is 13.2 Å². The molecule has 0 aliphatic rings. The summed E-state index contributed by atoms with van der Waals surface area (Å²) >= 11 is 7.94. The molecule has 3 rings (SSSR count). The Balaban J connectivity index is 2.02. The standard InChI is InChI=1S/C18H16ClN3OS/c19-16-8-14(12-3-1-5-21-10-12)7-15(9-20)17(16)24-18-13(11-23)4-2-6-22-18/h1-8,10,23H,9,11,20H2. The highest BCUT2D eigenvalue weighted by atomic mass is 35.5. The van der Waals surface area contributed by atoms with Gasteiger partial charge in [-0.2, -0.15) is 0 Å². The van der Waals surface area contributed by atoms with Gasteiger partial charge in [-0.05, 0) is 35.4 Å². The van der Waals surface area contributed by atoms with Crippen molar-refractivity contribution in [3.63, 3.8) is 0 Å². The van der Waals surface area contributed by atoms with E-state index < -0.39 is 0 Å². The fourth-order valence-electron chi connectivity index (χ4n) is 2.35. The number of hydrogen-bond donors (Lipinski definition) is 2. The summed E-state index contributed by atoms with van der Waals surface area (Å²) in [6.45, 7) is 0.289. The minimum absolute atomic E-state index is 0.0699. The van der Waals surface area contributed by atoms with Crippen molar-refractivity contribution >= 4 is 23.4 Å². The van der Waals surface area contributed by atoms with Gasteiger partial charge in [0.05, 0.1) is 11.6 Å². The Labute approximate surface area is 149 Å². The Bertz CT molecular complexity index is 843. The number of pyridine rings is 2. The molecular formula is C18H16ClN3OS. The van der Waals surface area contributed by atoms with E-state index in [0.717, 1.165) is 32.2 Å². The number of nitrogens with zero attached hydrogens (tertiary/aromatic N) is 2. The molecule has 0 radical (unpaired) electrons. The van der Waals surface area contributed by atoms with E-state index >= 15 is 0 Å². The van der Waals surface area contributed by atoms with E-state index in [9.17, 15) is 5.11 Å². The predicted molar refractivity (Wildman–Crippen MR) is 96.9 cm³/mol. The monoisotopic (exact) mass is 357 g/mol. The summed E-state index contributed by atoms with van der Waals surface area (Å²) in [6.07, 6.45) is 5.22. The lowest BCUT2D eigenvalue weighted by Gasteiger charge is -2.13. The largest absolute Gasteiger partial charge is 0.392 e. The molecule has 2 heterocycles. The van der Waals surface area contributed by atoms with Crippen LogP contribution in [0.1, 0.15) is 11.1 Å². The van der Waals surface area contributed by atoms with Gasteiger partial charge in [-0.3, -0.25) is 4.98 Å². The van der Waals surface area contributed by atoms with Crippen LogP contribution in [0.25, 0.3) is 11.1 Å². The molecule has 0 saturated heterocycles. The van der Waals surface area contributed by atoms with E-state index in [0.29, 0.717) is 11.6 Å². The molecule has 1 aromatic carbocycles. The van der Waals surface area contributed by atoms with Gasteiger partial charge in [0.25, 0.3) is 0 Å².